The Balaban J connectivity index is 1.57. The molecule has 1 saturated heterocycles. The third kappa shape index (κ3) is 4.34. The van der Waals surface area contributed by atoms with Gasteiger partial charge in [0.15, 0.2) is 0 Å². The monoisotopic (exact) mass is 394 g/mol. The lowest BCUT2D eigenvalue weighted by Crippen LogP contribution is -2.30. The highest BCUT2D eigenvalue weighted by molar-refractivity contribution is 5.74. The van der Waals surface area contributed by atoms with E-state index in [1.165, 1.54) is 26.1 Å². The minimum Gasteiger partial charge on any atom is -0.497 e. The zero-order valence-electron chi connectivity index (χ0n) is 17.7. The van der Waals surface area contributed by atoms with E-state index in [2.05, 4.69) is 47.0 Å². The average Bonchev–Trinajstić information content (AvgIpc) is 3.36. The van der Waals surface area contributed by atoms with E-state index in [1.807, 2.05) is 24.3 Å². The van der Waals surface area contributed by atoms with Crippen LogP contribution in [-0.2, 0) is 0 Å². The number of hydrogen-bond acceptors (Lipinski definition) is 6. The number of aromatic nitrogens is 4. The van der Waals surface area contributed by atoms with E-state index >= 15 is 0 Å². The zero-order valence-corrected chi connectivity index (χ0v) is 17.7. The molecule has 4 rings (SSSR count). The maximum atomic E-state index is 5.27. The fourth-order valence-corrected chi connectivity index (χ4v) is 4.22. The van der Waals surface area contributed by atoms with Crippen LogP contribution in [-0.4, -0.2) is 65.0 Å². The summed E-state index contributed by atoms with van der Waals surface area (Å²) < 4.78 is 7.04. The van der Waals surface area contributed by atoms with Gasteiger partial charge in [-0.3, -0.25) is 0 Å². The Morgan fingerprint density at radius 2 is 2.03 bits per heavy atom. The molecule has 3 heterocycles. The van der Waals surface area contributed by atoms with Crippen molar-refractivity contribution in [3.05, 3.63) is 36.7 Å². The second-order valence-electron chi connectivity index (χ2n) is 8.43. The van der Waals surface area contributed by atoms with Gasteiger partial charge in [-0.25, -0.2) is 0 Å². The van der Waals surface area contributed by atoms with Gasteiger partial charge in [-0.1, -0.05) is 13.8 Å². The molecule has 1 fully saturated rings. The smallest absolute Gasteiger partial charge is 0.200 e. The first-order valence-corrected chi connectivity index (χ1v) is 10.3. The molecule has 0 saturated carbocycles. The largest absolute Gasteiger partial charge is 0.497 e. The van der Waals surface area contributed by atoms with Crippen molar-refractivity contribution in [2.45, 2.75) is 20.3 Å². The van der Waals surface area contributed by atoms with Gasteiger partial charge >= 0.3 is 0 Å². The number of hydrogen-bond donors (Lipinski definition) is 0. The normalized spacial score (nSPS) is 17.3. The summed E-state index contributed by atoms with van der Waals surface area (Å²) in [7, 11) is 3.82. The SMILES string of the molecule is COc1ccc(-c2cc(N(C)CC3CCN(CC(C)C)C3)c3nncn3n2)cc1. The molecule has 7 nitrogen and oxygen atoms in total. The number of rotatable bonds is 7. The van der Waals surface area contributed by atoms with Crippen LogP contribution in [0.2, 0.25) is 0 Å². The zero-order chi connectivity index (χ0) is 20.4. The Kier molecular flexibility index (Phi) is 5.67. The molecule has 3 aromatic rings. The molecule has 0 bridgehead atoms. The predicted molar refractivity (Wildman–Crippen MR) is 115 cm³/mol. The molecule has 0 aliphatic carbocycles. The van der Waals surface area contributed by atoms with Gasteiger partial charge in [0.05, 0.1) is 18.5 Å². The van der Waals surface area contributed by atoms with Crippen molar-refractivity contribution < 1.29 is 4.74 Å². The topological polar surface area (TPSA) is 58.8 Å². The van der Waals surface area contributed by atoms with Crippen molar-refractivity contribution >= 4 is 11.3 Å². The first kappa shape index (κ1) is 19.6. The Morgan fingerprint density at radius 3 is 2.76 bits per heavy atom. The second kappa shape index (κ2) is 8.37. The lowest BCUT2D eigenvalue weighted by Gasteiger charge is -2.24. The number of likely N-dealkylation sites (tertiary alicyclic amines) is 1. The maximum absolute atomic E-state index is 5.27. The van der Waals surface area contributed by atoms with E-state index in [0.29, 0.717) is 11.8 Å². The van der Waals surface area contributed by atoms with Crippen LogP contribution < -0.4 is 9.64 Å². The average molecular weight is 395 g/mol. The summed E-state index contributed by atoms with van der Waals surface area (Å²) in [5, 5.41) is 13.1. The Hall–Kier alpha value is -2.67. The lowest BCUT2D eigenvalue weighted by molar-refractivity contribution is 0.288. The fourth-order valence-electron chi connectivity index (χ4n) is 4.22. The van der Waals surface area contributed by atoms with Gasteiger partial charge in [0.25, 0.3) is 0 Å². The molecule has 1 aliphatic heterocycles. The van der Waals surface area contributed by atoms with E-state index < -0.39 is 0 Å². The number of nitrogens with zero attached hydrogens (tertiary/aromatic N) is 6. The lowest BCUT2D eigenvalue weighted by atomic mass is 10.1. The van der Waals surface area contributed by atoms with Gasteiger partial charge in [0, 0.05) is 32.2 Å². The van der Waals surface area contributed by atoms with Crippen LogP contribution in [0.5, 0.6) is 5.75 Å². The van der Waals surface area contributed by atoms with Gasteiger partial charge < -0.3 is 14.5 Å². The summed E-state index contributed by atoms with van der Waals surface area (Å²) in [6.07, 6.45) is 2.91. The summed E-state index contributed by atoms with van der Waals surface area (Å²) in [5.74, 6) is 2.22. The van der Waals surface area contributed by atoms with Crippen LogP contribution in [0.15, 0.2) is 36.7 Å². The number of ether oxygens (including phenoxy) is 1. The summed E-state index contributed by atoms with van der Waals surface area (Å²) >= 11 is 0. The van der Waals surface area contributed by atoms with E-state index in [9.17, 15) is 0 Å². The summed E-state index contributed by atoms with van der Waals surface area (Å²) in [4.78, 5) is 4.90. The van der Waals surface area contributed by atoms with Crippen molar-refractivity contribution in [2.75, 3.05) is 45.2 Å². The van der Waals surface area contributed by atoms with Crippen LogP contribution >= 0.6 is 0 Å². The van der Waals surface area contributed by atoms with Gasteiger partial charge in [0.2, 0.25) is 5.65 Å². The third-order valence-electron chi connectivity index (χ3n) is 5.57. The molecule has 7 heteroatoms. The minimum absolute atomic E-state index is 0.666. The van der Waals surface area contributed by atoms with Gasteiger partial charge in [-0.2, -0.15) is 9.61 Å². The molecule has 2 aromatic heterocycles. The highest BCUT2D eigenvalue weighted by Crippen LogP contribution is 2.28. The number of methoxy groups -OCH3 is 1. The molecule has 0 radical (unpaired) electrons. The molecule has 1 aromatic carbocycles. The molecule has 0 amide bonds. The first-order chi connectivity index (χ1) is 14.0. The molecule has 1 unspecified atom stereocenters. The Labute approximate surface area is 172 Å². The predicted octanol–water partition coefficient (Wildman–Crippen LogP) is 3.21. The van der Waals surface area contributed by atoms with E-state index in [-0.39, 0.29) is 0 Å². The van der Waals surface area contributed by atoms with Gasteiger partial charge in [0.1, 0.15) is 12.1 Å². The molecule has 29 heavy (non-hydrogen) atoms. The standard InChI is InChI=1S/C22H30N6O/c1-16(2)12-27-10-9-17(14-27)13-26(3)21-11-20(25-28-15-23-24-22(21)28)18-5-7-19(29-4)8-6-18/h5-8,11,15-17H,9-10,12-14H2,1-4H3. The van der Waals surface area contributed by atoms with Crippen molar-refractivity contribution in [1.82, 2.24) is 24.7 Å². The third-order valence-corrected chi connectivity index (χ3v) is 5.57. The van der Waals surface area contributed by atoms with Crippen LogP contribution in [0.25, 0.3) is 16.9 Å². The van der Waals surface area contributed by atoms with Gasteiger partial charge in [-0.15, -0.1) is 10.2 Å². The molecule has 1 atom stereocenters. The molecule has 0 spiro atoms. The van der Waals surface area contributed by atoms with Crippen molar-refractivity contribution in [3.8, 4) is 17.0 Å². The highest BCUT2D eigenvalue weighted by Gasteiger charge is 2.25. The van der Waals surface area contributed by atoms with E-state index in [0.717, 1.165) is 34.9 Å². The van der Waals surface area contributed by atoms with Crippen LogP contribution in [0.3, 0.4) is 0 Å². The molecular formula is C22H30N6O. The highest BCUT2D eigenvalue weighted by atomic mass is 16.5. The number of anilines is 1. The second-order valence-corrected chi connectivity index (χ2v) is 8.43. The number of fused-ring (bicyclic) bond motifs is 1. The quantitative estimate of drug-likeness (QED) is 0.613. The minimum atomic E-state index is 0.666. The summed E-state index contributed by atoms with van der Waals surface area (Å²) in [6.45, 7) is 9.14. The molecule has 1 aliphatic rings. The molecular weight excluding hydrogens is 364 g/mol. The van der Waals surface area contributed by atoms with E-state index in [1.54, 1.807) is 18.0 Å². The van der Waals surface area contributed by atoms with Crippen LogP contribution in [0.1, 0.15) is 20.3 Å². The Morgan fingerprint density at radius 1 is 1.24 bits per heavy atom. The summed E-state index contributed by atoms with van der Waals surface area (Å²) in [5.41, 5.74) is 3.79. The van der Waals surface area contributed by atoms with Crippen LogP contribution in [0.4, 0.5) is 5.69 Å². The van der Waals surface area contributed by atoms with Crippen LogP contribution in [0, 0.1) is 11.8 Å². The van der Waals surface area contributed by atoms with Gasteiger partial charge in [-0.05, 0) is 55.1 Å². The van der Waals surface area contributed by atoms with Crippen molar-refractivity contribution in [3.63, 3.8) is 0 Å². The van der Waals surface area contributed by atoms with Crippen molar-refractivity contribution in [1.29, 1.82) is 0 Å². The Bertz CT molecular complexity index is 952. The molecule has 0 N–H and O–H groups in total. The first-order valence-electron chi connectivity index (χ1n) is 10.3. The number of benzene rings is 1. The fraction of sp³-hybridized carbons (Fsp3) is 0.500. The summed E-state index contributed by atoms with van der Waals surface area (Å²) in [6, 6.07) is 10.1. The maximum Gasteiger partial charge on any atom is 0.200 e. The van der Waals surface area contributed by atoms with E-state index in [4.69, 9.17) is 9.84 Å². The molecule has 154 valence electrons. The van der Waals surface area contributed by atoms with Crippen molar-refractivity contribution in [2.24, 2.45) is 11.8 Å².